The summed E-state index contributed by atoms with van der Waals surface area (Å²) in [5.41, 5.74) is 2.43. The highest BCUT2D eigenvalue weighted by atomic mass is 79.9. The van der Waals surface area contributed by atoms with Gasteiger partial charge in [0.15, 0.2) is 0 Å². The number of aryl methyl sites for hydroxylation is 2. The van der Waals surface area contributed by atoms with E-state index in [1.807, 2.05) is 0 Å². The molecule has 0 saturated heterocycles. The molecular formula is C15H28BrN3. The van der Waals surface area contributed by atoms with Gasteiger partial charge in [-0.1, -0.05) is 20.8 Å². The largest absolute Gasteiger partial charge is 0.314 e. The van der Waals surface area contributed by atoms with E-state index in [1.165, 1.54) is 23.0 Å². The van der Waals surface area contributed by atoms with Crippen molar-refractivity contribution in [1.82, 2.24) is 15.1 Å². The highest BCUT2D eigenvalue weighted by Crippen LogP contribution is 2.25. The molecule has 0 aliphatic carbocycles. The van der Waals surface area contributed by atoms with Crippen molar-refractivity contribution in [2.45, 2.75) is 66.5 Å². The Labute approximate surface area is 126 Å². The molecule has 2 unspecified atom stereocenters. The van der Waals surface area contributed by atoms with Gasteiger partial charge in [-0.25, -0.2) is 0 Å². The van der Waals surface area contributed by atoms with Crippen LogP contribution in [-0.2, 0) is 13.0 Å². The first kappa shape index (κ1) is 16.7. The third kappa shape index (κ3) is 4.32. The molecule has 0 aliphatic rings. The lowest BCUT2D eigenvalue weighted by Gasteiger charge is -2.24. The fraction of sp³-hybridized carbons (Fsp3) is 0.800. The average molecular weight is 330 g/mol. The molecule has 3 nitrogen and oxygen atoms in total. The monoisotopic (exact) mass is 329 g/mol. The molecule has 1 N–H and O–H groups in total. The van der Waals surface area contributed by atoms with Crippen LogP contribution in [0, 0.1) is 12.8 Å². The number of aromatic nitrogens is 2. The van der Waals surface area contributed by atoms with Crippen LogP contribution in [0.1, 0.15) is 51.9 Å². The quantitative estimate of drug-likeness (QED) is 0.783. The van der Waals surface area contributed by atoms with Gasteiger partial charge in [0, 0.05) is 12.6 Å². The smallest absolute Gasteiger partial charge is 0.0738 e. The van der Waals surface area contributed by atoms with E-state index < -0.39 is 0 Å². The van der Waals surface area contributed by atoms with Gasteiger partial charge in [0.1, 0.15) is 0 Å². The number of hydrogen-bond acceptors (Lipinski definition) is 2. The molecule has 0 radical (unpaired) electrons. The van der Waals surface area contributed by atoms with E-state index in [2.05, 4.69) is 65.6 Å². The molecule has 0 saturated carbocycles. The summed E-state index contributed by atoms with van der Waals surface area (Å²) in [6.45, 7) is 13.1. The van der Waals surface area contributed by atoms with Gasteiger partial charge in [-0.05, 0) is 61.5 Å². The number of hydrogen-bond donors (Lipinski definition) is 1. The first-order valence-corrected chi connectivity index (χ1v) is 8.29. The molecule has 0 fully saturated rings. The van der Waals surface area contributed by atoms with Gasteiger partial charge in [-0.3, -0.25) is 4.68 Å². The fourth-order valence-electron chi connectivity index (χ4n) is 2.59. The summed E-state index contributed by atoms with van der Waals surface area (Å²) < 4.78 is 3.31. The summed E-state index contributed by atoms with van der Waals surface area (Å²) in [6.07, 6.45) is 3.45. The molecule has 0 spiro atoms. The summed E-state index contributed by atoms with van der Waals surface area (Å²) in [7, 11) is 0. The number of nitrogens with one attached hydrogen (secondary N) is 1. The molecule has 1 aromatic rings. The van der Waals surface area contributed by atoms with Crippen LogP contribution >= 0.6 is 15.9 Å². The lowest BCUT2D eigenvalue weighted by molar-refractivity contribution is 0.357. The zero-order chi connectivity index (χ0) is 14.4. The predicted molar refractivity (Wildman–Crippen MR) is 85.6 cm³/mol. The maximum Gasteiger partial charge on any atom is 0.0738 e. The predicted octanol–water partition coefficient (Wildman–Crippen LogP) is 3.93. The minimum Gasteiger partial charge on any atom is -0.314 e. The van der Waals surface area contributed by atoms with Crippen LogP contribution in [0.5, 0.6) is 0 Å². The molecular weight excluding hydrogens is 302 g/mol. The summed E-state index contributed by atoms with van der Waals surface area (Å²) in [5.74, 6) is 0.620. The van der Waals surface area contributed by atoms with Gasteiger partial charge in [-0.2, -0.15) is 5.10 Å². The van der Waals surface area contributed by atoms with Crippen molar-refractivity contribution in [3.63, 3.8) is 0 Å². The molecule has 1 aromatic heterocycles. The SMILES string of the molecule is CCCNC(CC)C(C)Cc1c(Br)c(C)nn1CC. The number of nitrogens with zero attached hydrogens (tertiary/aromatic N) is 2. The van der Waals surface area contributed by atoms with E-state index in [-0.39, 0.29) is 0 Å². The van der Waals surface area contributed by atoms with Crippen molar-refractivity contribution in [2.75, 3.05) is 6.54 Å². The minimum atomic E-state index is 0.590. The molecule has 0 aromatic carbocycles. The molecule has 1 rings (SSSR count). The van der Waals surface area contributed by atoms with Crippen molar-refractivity contribution < 1.29 is 0 Å². The van der Waals surface area contributed by atoms with Crippen LogP contribution in [-0.4, -0.2) is 22.4 Å². The Morgan fingerprint density at radius 1 is 1.32 bits per heavy atom. The van der Waals surface area contributed by atoms with Gasteiger partial charge in [0.2, 0.25) is 0 Å². The first-order chi connectivity index (χ1) is 9.04. The molecule has 19 heavy (non-hydrogen) atoms. The lowest BCUT2D eigenvalue weighted by atomic mass is 9.94. The second-order valence-corrected chi connectivity index (χ2v) is 6.11. The highest BCUT2D eigenvalue weighted by Gasteiger charge is 2.20. The van der Waals surface area contributed by atoms with Crippen molar-refractivity contribution in [2.24, 2.45) is 5.92 Å². The Hall–Kier alpha value is -0.350. The van der Waals surface area contributed by atoms with Crippen molar-refractivity contribution >= 4 is 15.9 Å². The molecule has 1 heterocycles. The second kappa shape index (κ2) is 8.05. The van der Waals surface area contributed by atoms with E-state index in [4.69, 9.17) is 0 Å². The topological polar surface area (TPSA) is 29.9 Å². The van der Waals surface area contributed by atoms with E-state index >= 15 is 0 Å². The van der Waals surface area contributed by atoms with Crippen LogP contribution in [0.4, 0.5) is 0 Å². The van der Waals surface area contributed by atoms with Crippen LogP contribution in [0.2, 0.25) is 0 Å². The van der Waals surface area contributed by atoms with E-state index in [0.29, 0.717) is 12.0 Å². The maximum atomic E-state index is 4.58. The molecule has 0 amide bonds. The van der Waals surface area contributed by atoms with E-state index in [0.717, 1.165) is 25.2 Å². The van der Waals surface area contributed by atoms with Crippen LogP contribution in [0.25, 0.3) is 0 Å². The average Bonchev–Trinajstić information content (AvgIpc) is 2.67. The van der Waals surface area contributed by atoms with Gasteiger partial charge >= 0.3 is 0 Å². The Balaban J connectivity index is 2.77. The lowest BCUT2D eigenvalue weighted by Crippen LogP contribution is -2.36. The van der Waals surface area contributed by atoms with E-state index in [9.17, 15) is 0 Å². The van der Waals surface area contributed by atoms with Crippen LogP contribution < -0.4 is 5.32 Å². The Kier molecular flexibility index (Phi) is 7.08. The molecule has 0 aliphatic heterocycles. The zero-order valence-electron chi connectivity index (χ0n) is 13.0. The number of halogens is 1. The maximum absolute atomic E-state index is 4.58. The van der Waals surface area contributed by atoms with Gasteiger partial charge < -0.3 is 5.32 Å². The van der Waals surface area contributed by atoms with Crippen LogP contribution in [0.15, 0.2) is 4.47 Å². The van der Waals surface area contributed by atoms with Crippen LogP contribution in [0.3, 0.4) is 0 Å². The standard InChI is InChI=1S/C15H28BrN3/c1-6-9-17-13(7-2)11(4)10-14-15(16)12(5)18-19(14)8-3/h11,13,17H,6-10H2,1-5H3. The summed E-state index contributed by atoms with van der Waals surface area (Å²) in [5, 5.41) is 8.24. The second-order valence-electron chi connectivity index (χ2n) is 5.31. The first-order valence-electron chi connectivity index (χ1n) is 7.50. The molecule has 2 atom stereocenters. The third-order valence-corrected chi connectivity index (χ3v) is 4.78. The fourth-order valence-corrected chi connectivity index (χ4v) is 3.03. The molecule has 0 bridgehead atoms. The molecule has 110 valence electrons. The van der Waals surface area contributed by atoms with Gasteiger partial charge in [0.25, 0.3) is 0 Å². The normalized spacial score (nSPS) is 14.6. The molecule has 4 heteroatoms. The zero-order valence-corrected chi connectivity index (χ0v) is 14.5. The minimum absolute atomic E-state index is 0.590. The Morgan fingerprint density at radius 2 is 2.00 bits per heavy atom. The summed E-state index contributed by atoms with van der Waals surface area (Å²) >= 11 is 3.69. The van der Waals surface area contributed by atoms with Crippen molar-refractivity contribution in [3.8, 4) is 0 Å². The van der Waals surface area contributed by atoms with E-state index in [1.54, 1.807) is 0 Å². The Bertz CT molecular complexity index is 387. The Morgan fingerprint density at radius 3 is 2.53 bits per heavy atom. The van der Waals surface area contributed by atoms with Crippen molar-refractivity contribution in [3.05, 3.63) is 15.9 Å². The highest BCUT2D eigenvalue weighted by molar-refractivity contribution is 9.10. The van der Waals surface area contributed by atoms with Gasteiger partial charge in [-0.15, -0.1) is 0 Å². The van der Waals surface area contributed by atoms with Crippen molar-refractivity contribution in [1.29, 1.82) is 0 Å². The van der Waals surface area contributed by atoms with Gasteiger partial charge in [0.05, 0.1) is 15.9 Å². The third-order valence-electron chi connectivity index (χ3n) is 3.75. The number of rotatable bonds is 8. The summed E-state index contributed by atoms with van der Waals surface area (Å²) in [4.78, 5) is 0. The summed E-state index contributed by atoms with van der Waals surface area (Å²) in [6, 6.07) is 0.590.